The van der Waals surface area contributed by atoms with E-state index < -0.39 is 8.07 Å². The van der Waals surface area contributed by atoms with E-state index in [-0.39, 0.29) is 0 Å². The Balaban J connectivity index is 4.97. The van der Waals surface area contributed by atoms with Gasteiger partial charge in [0, 0.05) is 8.07 Å². The van der Waals surface area contributed by atoms with Crippen LogP contribution in [-0.2, 0) is 0 Å². The van der Waals surface area contributed by atoms with Gasteiger partial charge in [-0.05, 0) is 34.6 Å². The first-order chi connectivity index (χ1) is 8.16. The molecule has 0 bridgehead atoms. The zero-order valence-corrected chi connectivity index (χ0v) is 16.6. The van der Waals surface area contributed by atoms with Gasteiger partial charge in [-0.25, -0.2) is 0 Å². The molecule has 3 atom stereocenters. The van der Waals surface area contributed by atoms with Crippen molar-refractivity contribution < 1.29 is 0 Å². The second-order valence-electron chi connectivity index (χ2n) is 10.1. The molecule has 0 aliphatic heterocycles. The van der Waals surface area contributed by atoms with Crippen LogP contribution < -0.4 is 0 Å². The summed E-state index contributed by atoms with van der Waals surface area (Å²) in [7, 11) is -1.09. The van der Waals surface area contributed by atoms with Crippen LogP contribution >= 0.6 is 0 Å². The second kappa shape index (κ2) is 6.33. The van der Waals surface area contributed by atoms with E-state index >= 15 is 0 Å². The molecule has 0 N–H and O–H groups in total. The SMILES string of the molecule is CC(C(C)C(C)(C)C)C(CCC(C)(C)C)[Si](C)(C)C. The van der Waals surface area contributed by atoms with E-state index in [0.717, 1.165) is 17.4 Å². The Hall–Kier alpha value is 0.217. The van der Waals surface area contributed by atoms with Crippen LogP contribution in [0.5, 0.6) is 0 Å². The van der Waals surface area contributed by atoms with Gasteiger partial charge >= 0.3 is 0 Å². The minimum atomic E-state index is -1.09. The summed E-state index contributed by atoms with van der Waals surface area (Å²) in [5.41, 5.74) is 1.85. The summed E-state index contributed by atoms with van der Waals surface area (Å²) in [6.07, 6.45) is 2.78. The summed E-state index contributed by atoms with van der Waals surface area (Å²) < 4.78 is 0. The van der Waals surface area contributed by atoms with Crippen LogP contribution in [-0.4, -0.2) is 8.07 Å². The summed E-state index contributed by atoms with van der Waals surface area (Å²) in [4.78, 5) is 0. The average Bonchev–Trinajstić information content (AvgIpc) is 2.10. The maximum Gasteiger partial charge on any atom is 0.0476 e. The molecule has 0 aromatic heterocycles. The summed E-state index contributed by atoms with van der Waals surface area (Å²) >= 11 is 0. The van der Waals surface area contributed by atoms with E-state index in [2.05, 4.69) is 75.0 Å². The maximum atomic E-state index is 2.56. The molecule has 0 amide bonds. The quantitative estimate of drug-likeness (QED) is 0.485. The van der Waals surface area contributed by atoms with Crippen LogP contribution in [0, 0.1) is 22.7 Å². The Kier molecular flexibility index (Phi) is 6.40. The van der Waals surface area contributed by atoms with Crippen molar-refractivity contribution >= 4 is 8.07 Å². The molecule has 0 nitrogen and oxygen atoms in total. The molecule has 0 rings (SSSR count). The second-order valence-corrected chi connectivity index (χ2v) is 15.6. The van der Waals surface area contributed by atoms with Gasteiger partial charge in [-0.1, -0.05) is 81.5 Å². The highest BCUT2D eigenvalue weighted by Crippen LogP contribution is 2.45. The first kappa shape index (κ1) is 19.2. The molecule has 0 saturated carbocycles. The van der Waals surface area contributed by atoms with E-state index in [9.17, 15) is 0 Å². The third-order valence-corrected chi connectivity index (χ3v) is 8.15. The molecule has 19 heavy (non-hydrogen) atoms. The van der Waals surface area contributed by atoms with Gasteiger partial charge in [0.1, 0.15) is 0 Å². The molecule has 0 spiro atoms. The maximum absolute atomic E-state index is 2.56. The van der Waals surface area contributed by atoms with Crippen molar-refractivity contribution in [3.8, 4) is 0 Å². The monoisotopic (exact) mass is 284 g/mol. The lowest BCUT2D eigenvalue weighted by Crippen LogP contribution is -2.38. The Bertz CT molecular complexity index is 259. The number of rotatable bonds is 5. The Morgan fingerprint density at radius 3 is 1.53 bits per heavy atom. The third kappa shape index (κ3) is 6.97. The van der Waals surface area contributed by atoms with Gasteiger partial charge in [0.25, 0.3) is 0 Å². The van der Waals surface area contributed by atoms with Crippen LogP contribution in [0.2, 0.25) is 25.2 Å². The van der Waals surface area contributed by atoms with Crippen LogP contribution in [0.15, 0.2) is 0 Å². The van der Waals surface area contributed by atoms with Gasteiger partial charge < -0.3 is 0 Å². The fourth-order valence-corrected chi connectivity index (χ4v) is 6.09. The van der Waals surface area contributed by atoms with E-state index in [4.69, 9.17) is 0 Å². The van der Waals surface area contributed by atoms with Crippen molar-refractivity contribution in [2.24, 2.45) is 22.7 Å². The Morgan fingerprint density at radius 2 is 1.26 bits per heavy atom. The molecule has 0 fully saturated rings. The summed E-state index contributed by atoms with van der Waals surface area (Å²) in [6, 6.07) is 0. The fourth-order valence-electron chi connectivity index (χ4n) is 3.21. The number of hydrogen-bond acceptors (Lipinski definition) is 0. The van der Waals surface area contributed by atoms with Crippen molar-refractivity contribution in [3.05, 3.63) is 0 Å². The molecular formula is C18H40Si. The smallest absolute Gasteiger partial charge is 0.0476 e. The topological polar surface area (TPSA) is 0 Å². The summed E-state index contributed by atoms with van der Waals surface area (Å²) in [5.74, 6) is 1.64. The highest BCUT2D eigenvalue weighted by atomic mass is 28.3. The highest BCUT2D eigenvalue weighted by molar-refractivity contribution is 6.77. The van der Waals surface area contributed by atoms with Gasteiger partial charge in [0.2, 0.25) is 0 Å². The van der Waals surface area contributed by atoms with Crippen molar-refractivity contribution in [3.63, 3.8) is 0 Å². The fraction of sp³-hybridized carbons (Fsp3) is 1.00. The van der Waals surface area contributed by atoms with Gasteiger partial charge in [-0.2, -0.15) is 0 Å². The molecule has 0 heterocycles. The normalized spacial score (nSPS) is 19.1. The lowest BCUT2D eigenvalue weighted by molar-refractivity contribution is 0.171. The highest BCUT2D eigenvalue weighted by Gasteiger charge is 2.37. The Labute approximate surface area is 124 Å². The predicted molar refractivity (Wildman–Crippen MR) is 93.6 cm³/mol. The summed E-state index contributed by atoms with van der Waals surface area (Å²) in [6.45, 7) is 27.0. The third-order valence-electron chi connectivity index (χ3n) is 5.11. The summed E-state index contributed by atoms with van der Waals surface area (Å²) in [5, 5.41) is 0. The van der Waals surface area contributed by atoms with Crippen LogP contribution in [0.4, 0.5) is 0 Å². The molecular weight excluding hydrogens is 244 g/mol. The van der Waals surface area contributed by atoms with E-state index in [1.54, 1.807) is 0 Å². The molecule has 0 aliphatic rings. The zero-order chi connectivity index (χ0) is 15.6. The molecule has 0 aromatic carbocycles. The lowest BCUT2D eigenvalue weighted by Gasteiger charge is -2.43. The molecule has 3 unspecified atom stereocenters. The van der Waals surface area contributed by atoms with E-state index in [1.165, 1.54) is 12.8 Å². The van der Waals surface area contributed by atoms with E-state index in [0.29, 0.717) is 10.8 Å². The zero-order valence-electron chi connectivity index (χ0n) is 15.6. The van der Waals surface area contributed by atoms with Crippen molar-refractivity contribution in [2.45, 2.75) is 93.4 Å². The average molecular weight is 285 g/mol. The lowest BCUT2D eigenvalue weighted by atomic mass is 9.72. The van der Waals surface area contributed by atoms with Crippen molar-refractivity contribution in [1.82, 2.24) is 0 Å². The van der Waals surface area contributed by atoms with Crippen LogP contribution in [0.1, 0.15) is 68.2 Å². The number of hydrogen-bond donors (Lipinski definition) is 0. The van der Waals surface area contributed by atoms with Gasteiger partial charge in [0.15, 0.2) is 0 Å². The van der Waals surface area contributed by atoms with Crippen LogP contribution in [0.25, 0.3) is 0 Å². The molecule has 0 radical (unpaired) electrons. The molecule has 1 heteroatoms. The molecule has 0 aliphatic carbocycles. The van der Waals surface area contributed by atoms with E-state index in [1.807, 2.05) is 0 Å². The minimum absolute atomic E-state index is 0.430. The molecule has 0 saturated heterocycles. The van der Waals surface area contributed by atoms with Crippen LogP contribution in [0.3, 0.4) is 0 Å². The van der Waals surface area contributed by atoms with Gasteiger partial charge in [-0.3, -0.25) is 0 Å². The minimum Gasteiger partial charge on any atom is -0.0693 e. The van der Waals surface area contributed by atoms with Crippen molar-refractivity contribution in [2.75, 3.05) is 0 Å². The molecule has 116 valence electrons. The first-order valence-corrected chi connectivity index (χ1v) is 11.7. The first-order valence-electron chi connectivity index (χ1n) is 8.16. The standard InChI is InChI=1S/C18H40Si/c1-14(15(2)18(6,7)8)16(19(9,10)11)12-13-17(3,4)5/h14-16H,12-13H2,1-11H3. The molecule has 0 aromatic rings. The van der Waals surface area contributed by atoms with Gasteiger partial charge in [0.05, 0.1) is 0 Å². The Morgan fingerprint density at radius 1 is 0.842 bits per heavy atom. The van der Waals surface area contributed by atoms with Crippen molar-refractivity contribution in [1.29, 1.82) is 0 Å². The predicted octanol–water partition coefficient (Wildman–Crippen LogP) is 6.84. The van der Waals surface area contributed by atoms with Gasteiger partial charge in [-0.15, -0.1) is 0 Å². The largest absolute Gasteiger partial charge is 0.0693 e.